The lowest BCUT2D eigenvalue weighted by molar-refractivity contribution is 0.0530. The highest BCUT2D eigenvalue weighted by atomic mass is 16.6. The molecule has 8 nitrogen and oxygen atoms in total. The third-order valence-electron chi connectivity index (χ3n) is 2.21. The van der Waals surface area contributed by atoms with E-state index < -0.39 is 11.7 Å². The van der Waals surface area contributed by atoms with Gasteiger partial charge in [0.2, 0.25) is 0 Å². The van der Waals surface area contributed by atoms with E-state index in [1.807, 2.05) is 6.07 Å². The number of nitrogens with zero attached hydrogens (tertiary/aromatic N) is 3. The quantitative estimate of drug-likeness (QED) is 0.774. The second kappa shape index (κ2) is 7.28. The van der Waals surface area contributed by atoms with Gasteiger partial charge in [-0.3, -0.25) is 4.79 Å². The van der Waals surface area contributed by atoms with Crippen LogP contribution in [0.2, 0.25) is 0 Å². The average molecular weight is 293 g/mol. The molecule has 0 bridgehead atoms. The zero-order valence-electron chi connectivity index (χ0n) is 12.3. The van der Waals surface area contributed by atoms with Crippen LogP contribution in [0.1, 0.15) is 20.8 Å². The van der Waals surface area contributed by atoms with Gasteiger partial charge in [-0.1, -0.05) is 0 Å². The van der Waals surface area contributed by atoms with Gasteiger partial charge in [-0.25, -0.2) is 9.48 Å². The smallest absolute Gasteiger partial charge is 0.407 e. The monoisotopic (exact) mass is 293 g/mol. The zero-order chi connectivity index (χ0) is 15.9. The summed E-state index contributed by atoms with van der Waals surface area (Å²) in [6.45, 7) is 6.03. The summed E-state index contributed by atoms with van der Waals surface area (Å²) in [5, 5.41) is 17.9. The first-order valence-corrected chi connectivity index (χ1v) is 6.46. The third kappa shape index (κ3) is 6.42. The molecule has 0 spiro atoms. The van der Waals surface area contributed by atoms with Gasteiger partial charge in [-0.15, -0.1) is 0 Å². The lowest BCUT2D eigenvalue weighted by Gasteiger charge is -2.19. The van der Waals surface area contributed by atoms with Crippen LogP contribution in [0.25, 0.3) is 0 Å². The SMILES string of the molecule is CC(C)(C)OC(=O)NCCNc1cnn(CC#N)c(=O)c1. The maximum absolute atomic E-state index is 11.5. The van der Waals surface area contributed by atoms with Crippen molar-refractivity contribution in [1.29, 1.82) is 5.26 Å². The van der Waals surface area contributed by atoms with Crippen molar-refractivity contribution in [3.8, 4) is 6.07 Å². The molecule has 8 heteroatoms. The lowest BCUT2D eigenvalue weighted by atomic mass is 10.2. The van der Waals surface area contributed by atoms with E-state index in [4.69, 9.17) is 10.00 Å². The normalized spacial score (nSPS) is 10.6. The summed E-state index contributed by atoms with van der Waals surface area (Å²) >= 11 is 0. The molecule has 1 aromatic heterocycles. The first-order chi connectivity index (χ1) is 9.81. The highest BCUT2D eigenvalue weighted by Crippen LogP contribution is 2.06. The number of anilines is 1. The highest BCUT2D eigenvalue weighted by Gasteiger charge is 2.15. The van der Waals surface area contributed by atoms with Crippen molar-refractivity contribution in [3.63, 3.8) is 0 Å². The lowest BCUT2D eigenvalue weighted by Crippen LogP contribution is -2.35. The standard InChI is InChI=1S/C13H19N5O3/c1-13(2,3)21-12(20)16-6-5-15-10-8-11(19)18(7-4-14)17-9-10/h8-9,15H,5-7H2,1-3H3,(H,16,20). The number of rotatable bonds is 5. The second-order valence-electron chi connectivity index (χ2n) is 5.25. The molecule has 0 fully saturated rings. The van der Waals surface area contributed by atoms with Crippen molar-refractivity contribution in [2.24, 2.45) is 0 Å². The molecule has 1 amide bonds. The van der Waals surface area contributed by atoms with Crippen LogP contribution in [-0.2, 0) is 11.3 Å². The van der Waals surface area contributed by atoms with Crippen LogP contribution in [0.4, 0.5) is 10.5 Å². The molecule has 1 rings (SSSR count). The minimum absolute atomic E-state index is 0.0840. The number of aromatic nitrogens is 2. The Hall–Kier alpha value is -2.56. The predicted molar refractivity (Wildman–Crippen MR) is 76.8 cm³/mol. The molecule has 2 N–H and O–H groups in total. The summed E-state index contributed by atoms with van der Waals surface area (Å²) in [7, 11) is 0. The topological polar surface area (TPSA) is 109 Å². The van der Waals surface area contributed by atoms with Gasteiger partial charge in [0.15, 0.2) is 0 Å². The van der Waals surface area contributed by atoms with Crippen LogP contribution < -0.4 is 16.2 Å². The summed E-state index contributed by atoms with van der Waals surface area (Å²) < 4.78 is 6.14. The Morgan fingerprint density at radius 3 is 2.76 bits per heavy atom. The van der Waals surface area contributed by atoms with Crippen LogP contribution in [0.3, 0.4) is 0 Å². The van der Waals surface area contributed by atoms with Gasteiger partial charge >= 0.3 is 6.09 Å². The molecule has 0 aromatic carbocycles. The van der Waals surface area contributed by atoms with Crippen molar-refractivity contribution in [1.82, 2.24) is 15.1 Å². The minimum Gasteiger partial charge on any atom is -0.444 e. The number of amides is 1. The number of carbonyl (C=O) groups excluding carboxylic acids is 1. The van der Waals surface area contributed by atoms with Crippen LogP contribution in [-0.4, -0.2) is 34.6 Å². The zero-order valence-corrected chi connectivity index (χ0v) is 12.3. The molecular formula is C13H19N5O3. The summed E-state index contributed by atoms with van der Waals surface area (Å²) in [5.74, 6) is 0. The number of ether oxygens (including phenoxy) is 1. The molecule has 1 aromatic rings. The minimum atomic E-state index is -0.535. The maximum Gasteiger partial charge on any atom is 0.407 e. The van der Waals surface area contributed by atoms with E-state index in [1.54, 1.807) is 20.8 Å². The molecular weight excluding hydrogens is 274 g/mol. The average Bonchev–Trinajstić information content (AvgIpc) is 2.36. The van der Waals surface area contributed by atoms with E-state index in [0.29, 0.717) is 18.8 Å². The maximum atomic E-state index is 11.5. The van der Waals surface area contributed by atoms with Gasteiger partial charge in [0.25, 0.3) is 5.56 Å². The van der Waals surface area contributed by atoms with Crippen LogP contribution in [0, 0.1) is 11.3 Å². The van der Waals surface area contributed by atoms with E-state index in [2.05, 4.69) is 15.7 Å². The molecule has 0 aliphatic heterocycles. The predicted octanol–water partition coefficient (Wildman–Crippen LogP) is 0.703. The molecule has 21 heavy (non-hydrogen) atoms. The summed E-state index contributed by atoms with van der Waals surface area (Å²) in [4.78, 5) is 22.9. The molecule has 0 aliphatic rings. The number of nitrogens with one attached hydrogen (secondary N) is 2. The first kappa shape index (κ1) is 16.5. The van der Waals surface area contributed by atoms with Gasteiger partial charge in [0.1, 0.15) is 12.1 Å². The number of hydrogen-bond donors (Lipinski definition) is 2. The number of alkyl carbamates (subject to hydrolysis) is 1. The van der Waals surface area contributed by atoms with Crippen molar-refractivity contribution in [2.75, 3.05) is 18.4 Å². The number of nitriles is 1. The Morgan fingerprint density at radius 2 is 2.19 bits per heavy atom. The molecule has 0 aliphatic carbocycles. The van der Waals surface area contributed by atoms with E-state index in [0.717, 1.165) is 4.68 Å². The van der Waals surface area contributed by atoms with E-state index in [9.17, 15) is 9.59 Å². The molecule has 0 unspecified atom stereocenters. The third-order valence-corrected chi connectivity index (χ3v) is 2.21. The highest BCUT2D eigenvalue weighted by molar-refractivity contribution is 5.67. The largest absolute Gasteiger partial charge is 0.444 e. The summed E-state index contributed by atoms with van der Waals surface area (Å²) in [6.07, 6.45) is 0.957. The Bertz CT molecular complexity index is 583. The molecule has 1 heterocycles. The van der Waals surface area contributed by atoms with Crippen LogP contribution in [0.15, 0.2) is 17.1 Å². The molecule has 114 valence electrons. The molecule has 0 saturated carbocycles. The molecule has 0 radical (unpaired) electrons. The van der Waals surface area contributed by atoms with Crippen molar-refractivity contribution in [2.45, 2.75) is 32.9 Å². The van der Waals surface area contributed by atoms with Gasteiger partial charge in [0, 0.05) is 19.2 Å². The van der Waals surface area contributed by atoms with Crippen molar-refractivity contribution < 1.29 is 9.53 Å². The Kier molecular flexibility index (Phi) is 5.72. The van der Waals surface area contributed by atoms with Gasteiger partial charge in [-0.2, -0.15) is 10.4 Å². The Morgan fingerprint density at radius 1 is 1.48 bits per heavy atom. The second-order valence-corrected chi connectivity index (χ2v) is 5.25. The summed E-state index contributed by atoms with van der Waals surface area (Å²) in [6, 6.07) is 3.19. The van der Waals surface area contributed by atoms with Gasteiger partial charge < -0.3 is 15.4 Å². The van der Waals surface area contributed by atoms with E-state index in [1.165, 1.54) is 12.3 Å². The van der Waals surface area contributed by atoms with Gasteiger partial charge in [-0.05, 0) is 20.8 Å². The fourth-order valence-electron chi connectivity index (χ4n) is 1.40. The van der Waals surface area contributed by atoms with Crippen LogP contribution >= 0.6 is 0 Å². The summed E-state index contributed by atoms with van der Waals surface area (Å²) in [5.41, 5.74) is -0.367. The first-order valence-electron chi connectivity index (χ1n) is 6.46. The van der Waals surface area contributed by atoms with Crippen molar-refractivity contribution >= 4 is 11.8 Å². The number of carbonyl (C=O) groups is 1. The number of hydrogen-bond acceptors (Lipinski definition) is 6. The fraction of sp³-hybridized carbons (Fsp3) is 0.538. The van der Waals surface area contributed by atoms with E-state index in [-0.39, 0.29) is 12.1 Å². The molecule has 0 saturated heterocycles. The van der Waals surface area contributed by atoms with Gasteiger partial charge in [0.05, 0.1) is 18.0 Å². The fourth-order valence-corrected chi connectivity index (χ4v) is 1.40. The van der Waals surface area contributed by atoms with Crippen molar-refractivity contribution in [3.05, 3.63) is 22.6 Å². The Balaban J connectivity index is 2.37. The Labute approximate surface area is 122 Å². The van der Waals surface area contributed by atoms with E-state index >= 15 is 0 Å². The molecule has 0 atom stereocenters. The van der Waals surface area contributed by atoms with Crippen LogP contribution in [0.5, 0.6) is 0 Å².